The van der Waals surface area contributed by atoms with Gasteiger partial charge < -0.3 is 4.74 Å². The minimum atomic E-state index is -4.34. The van der Waals surface area contributed by atoms with Gasteiger partial charge in [-0.3, -0.25) is 4.79 Å². The second-order valence-electron chi connectivity index (χ2n) is 4.75. The standard InChI is InChI=1S/C13H15F3O2/c1-12(2,11(17)18-3)8-9-4-6-10(7-5-9)13(14,15)16/h4-7H,8H2,1-3H3. The molecular formula is C13H15F3O2. The number of ether oxygens (including phenoxy) is 1. The van der Waals surface area contributed by atoms with E-state index in [2.05, 4.69) is 4.74 Å². The summed E-state index contributed by atoms with van der Waals surface area (Å²) in [6.07, 6.45) is -4.01. The Morgan fingerprint density at radius 1 is 1.17 bits per heavy atom. The summed E-state index contributed by atoms with van der Waals surface area (Å²) in [6.45, 7) is 3.38. The van der Waals surface area contributed by atoms with Gasteiger partial charge in [0.25, 0.3) is 0 Å². The highest BCUT2D eigenvalue weighted by molar-refractivity contribution is 5.76. The molecule has 1 aromatic carbocycles. The number of hydrogen-bond donors (Lipinski definition) is 0. The van der Waals surface area contributed by atoms with Crippen LogP contribution in [0.25, 0.3) is 0 Å². The van der Waals surface area contributed by atoms with E-state index in [9.17, 15) is 18.0 Å². The van der Waals surface area contributed by atoms with Crippen LogP contribution in [-0.4, -0.2) is 13.1 Å². The molecule has 0 heterocycles. The molecule has 0 unspecified atom stereocenters. The van der Waals surface area contributed by atoms with Crippen LogP contribution in [0.1, 0.15) is 25.0 Å². The van der Waals surface area contributed by atoms with Gasteiger partial charge in [0.05, 0.1) is 18.1 Å². The van der Waals surface area contributed by atoms with Gasteiger partial charge in [0.2, 0.25) is 0 Å². The van der Waals surface area contributed by atoms with Crippen LogP contribution in [0.2, 0.25) is 0 Å². The van der Waals surface area contributed by atoms with E-state index in [0.717, 1.165) is 12.1 Å². The zero-order valence-corrected chi connectivity index (χ0v) is 10.5. The fourth-order valence-electron chi connectivity index (χ4n) is 1.67. The minimum absolute atomic E-state index is 0.331. The van der Waals surface area contributed by atoms with Gasteiger partial charge in [-0.1, -0.05) is 12.1 Å². The Kier molecular flexibility index (Phi) is 4.04. The summed E-state index contributed by atoms with van der Waals surface area (Å²) in [5.41, 5.74) is -0.783. The molecule has 0 saturated carbocycles. The predicted octanol–water partition coefficient (Wildman–Crippen LogP) is 3.45. The van der Waals surface area contributed by atoms with Crippen molar-refractivity contribution in [3.63, 3.8) is 0 Å². The van der Waals surface area contributed by atoms with E-state index in [1.165, 1.54) is 19.2 Å². The molecule has 5 heteroatoms. The Bertz CT molecular complexity index is 419. The van der Waals surface area contributed by atoms with Crippen LogP contribution in [0.3, 0.4) is 0 Å². The second kappa shape index (κ2) is 5.00. The summed E-state index contributed by atoms with van der Waals surface area (Å²) >= 11 is 0. The van der Waals surface area contributed by atoms with Gasteiger partial charge in [-0.25, -0.2) is 0 Å². The number of methoxy groups -OCH3 is 1. The van der Waals surface area contributed by atoms with Crippen molar-refractivity contribution in [3.05, 3.63) is 35.4 Å². The number of rotatable bonds is 3. The van der Waals surface area contributed by atoms with E-state index in [1.807, 2.05) is 0 Å². The van der Waals surface area contributed by atoms with E-state index in [4.69, 9.17) is 0 Å². The molecule has 0 aliphatic heterocycles. The van der Waals surface area contributed by atoms with Gasteiger partial charge in [0.1, 0.15) is 0 Å². The zero-order valence-electron chi connectivity index (χ0n) is 10.5. The largest absolute Gasteiger partial charge is 0.469 e. The van der Waals surface area contributed by atoms with E-state index < -0.39 is 17.2 Å². The number of halogens is 3. The van der Waals surface area contributed by atoms with Gasteiger partial charge in [-0.15, -0.1) is 0 Å². The predicted molar refractivity (Wildman–Crippen MR) is 60.9 cm³/mol. The highest BCUT2D eigenvalue weighted by atomic mass is 19.4. The number of alkyl halides is 3. The van der Waals surface area contributed by atoms with Crippen LogP contribution in [0.4, 0.5) is 13.2 Å². The third kappa shape index (κ3) is 3.48. The SMILES string of the molecule is COC(=O)C(C)(C)Cc1ccc(C(F)(F)F)cc1. The van der Waals surface area contributed by atoms with Crippen molar-refractivity contribution in [1.29, 1.82) is 0 Å². The van der Waals surface area contributed by atoms with Crippen molar-refractivity contribution in [2.24, 2.45) is 5.41 Å². The van der Waals surface area contributed by atoms with Gasteiger partial charge in [-0.2, -0.15) is 13.2 Å². The van der Waals surface area contributed by atoms with E-state index in [-0.39, 0.29) is 5.97 Å². The quantitative estimate of drug-likeness (QED) is 0.778. The Labute approximate surface area is 104 Å². The van der Waals surface area contributed by atoms with Crippen molar-refractivity contribution in [1.82, 2.24) is 0 Å². The summed E-state index contributed by atoms with van der Waals surface area (Å²) in [7, 11) is 1.29. The molecule has 0 aliphatic carbocycles. The molecule has 0 fully saturated rings. The monoisotopic (exact) mass is 260 g/mol. The van der Waals surface area contributed by atoms with Crippen LogP contribution in [0.5, 0.6) is 0 Å². The minimum Gasteiger partial charge on any atom is -0.469 e. The molecule has 1 rings (SSSR count). The maximum absolute atomic E-state index is 12.4. The first-order chi connectivity index (χ1) is 8.16. The summed E-state index contributed by atoms with van der Waals surface area (Å²) in [5, 5.41) is 0. The van der Waals surface area contributed by atoms with Crippen molar-refractivity contribution < 1.29 is 22.7 Å². The molecule has 0 radical (unpaired) electrons. The Morgan fingerprint density at radius 2 is 1.67 bits per heavy atom. The highest BCUT2D eigenvalue weighted by Crippen LogP contribution is 2.30. The summed E-state index contributed by atoms with van der Waals surface area (Å²) in [5.74, 6) is -0.387. The van der Waals surface area contributed by atoms with E-state index >= 15 is 0 Å². The Morgan fingerprint density at radius 3 is 2.06 bits per heavy atom. The molecule has 1 aromatic rings. The van der Waals surface area contributed by atoms with Crippen LogP contribution in [0.15, 0.2) is 24.3 Å². The Balaban J connectivity index is 2.85. The first-order valence-electron chi connectivity index (χ1n) is 5.41. The zero-order chi connectivity index (χ0) is 14.0. The fraction of sp³-hybridized carbons (Fsp3) is 0.462. The second-order valence-corrected chi connectivity index (χ2v) is 4.75. The number of benzene rings is 1. The van der Waals surface area contributed by atoms with E-state index in [0.29, 0.717) is 12.0 Å². The number of esters is 1. The molecule has 0 saturated heterocycles. The van der Waals surface area contributed by atoms with Crippen molar-refractivity contribution >= 4 is 5.97 Å². The maximum atomic E-state index is 12.4. The lowest BCUT2D eigenvalue weighted by Crippen LogP contribution is -2.28. The van der Waals surface area contributed by atoms with Gasteiger partial charge in [0, 0.05) is 0 Å². The molecule has 0 aliphatic rings. The third-order valence-electron chi connectivity index (χ3n) is 2.67. The Hall–Kier alpha value is -1.52. The molecule has 0 spiro atoms. The van der Waals surface area contributed by atoms with Crippen molar-refractivity contribution in [2.45, 2.75) is 26.4 Å². The highest BCUT2D eigenvalue weighted by Gasteiger charge is 2.31. The lowest BCUT2D eigenvalue weighted by molar-refractivity contribution is -0.150. The smallest absolute Gasteiger partial charge is 0.416 e. The van der Waals surface area contributed by atoms with Crippen LogP contribution >= 0.6 is 0 Å². The van der Waals surface area contributed by atoms with Crippen LogP contribution in [0, 0.1) is 5.41 Å². The third-order valence-corrected chi connectivity index (χ3v) is 2.67. The first-order valence-corrected chi connectivity index (χ1v) is 5.41. The topological polar surface area (TPSA) is 26.3 Å². The van der Waals surface area contributed by atoms with E-state index in [1.54, 1.807) is 13.8 Å². The van der Waals surface area contributed by atoms with Gasteiger partial charge in [-0.05, 0) is 38.0 Å². The average molecular weight is 260 g/mol. The number of carbonyl (C=O) groups is 1. The van der Waals surface area contributed by atoms with Crippen molar-refractivity contribution in [3.8, 4) is 0 Å². The number of carbonyl (C=O) groups excluding carboxylic acids is 1. The molecule has 0 N–H and O–H groups in total. The molecule has 0 atom stereocenters. The van der Waals surface area contributed by atoms with Crippen LogP contribution in [-0.2, 0) is 22.1 Å². The van der Waals surface area contributed by atoms with Crippen molar-refractivity contribution in [2.75, 3.05) is 7.11 Å². The lowest BCUT2D eigenvalue weighted by atomic mass is 9.85. The van der Waals surface area contributed by atoms with Gasteiger partial charge >= 0.3 is 12.1 Å². The van der Waals surface area contributed by atoms with Crippen LogP contribution < -0.4 is 0 Å². The summed E-state index contributed by atoms with van der Waals surface area (Å²) < 4.78 is 41.7. The first kappa shape index (κ1) is 14.5. The number of hydrogen-bond acceptors (Lipinski definition) is 2. The summed E-state index contributed by atoms with van der Waals surface area (Å²) in [4.78, 5) is 11.5. The van der Waals surface area contributed by atoms with Gasteiger partial charge in [0.15, 0.2) is 0 Å². The fourth-order valence-corrected chi connectivity index (χ4v) is 1.67. The molecule has 18 heavy (non-hydrogen) atoms. The summed E-state index contributed by atoms with van der Waals surface area (Å²) in [6, 6.07) is 4.80. The molecule has 0 bridgehead atoms. The molecule has 0 aromatic heterocycles. The maximum Gasteiger partial charge on any atom is 0.416 e. The normalized spacial score (nSPS) is 12.3. The molecule has 100 valence electrons. The average Bonchev–Trinajstić information content (AvgIpc) is 2.26. The molecule has 2 nitrogen and oxygen atoms in total. The lowest BCUT2D eigenvalue weighted by Gasteiger charge is -2.21. The molecule has 0 amide bonds. The molecular weight excluding hydrogens is 245 g/mol.